The van der Waals surface area contributed by atoms with Crippen LogP contribution < -0.4 is 10.0 Å². The van der Waals surface area contributed by atoms with E-state index in [1.54, 1.807) is 0 Å². The fourth-order valence-corrected chi connectivity index (χ4v) is 3.72. The monoisotopic (exact) mass is 277 g/mol. The first-order valence-corrected chi connectivity index (χ1v) is 8.56. The predicted molar refractivity (Wildman–Crippen MR) is 75.2 cm³/mol. The molecule has 18 heavy (non-hydrogen) atoms. The Bertz CT molecular complexity index is 313. The van der Waals surface area contributed by atoms with Gasteiger partial charge in [-0.25, -0.2) is 13.1 Å². The molecule has 1 rings (SSSR count). The molecule has 1 unspecified atom stereocenters. The van der Waals surface area contributed by atoms with Crippen molar-refractivity contribution in [3.8, 4) is 0 Å². The van der Waals surface area contributed by atoms with Crippen LogP contribution in [-0.4, -0.2) is 57.8 Å². The normalized spacial score (nSPS) is 21.4. The highest BCUT2D eigenvalue weighted by atomic mass is 32.2. The van der Waals surface area contributed by atoms with Gasteiger partial charge in [0.2, 0.25) is 10.0 Å². The third-order valence-corrected chi connectivity index (χ3v) is 5.30. The highest BCUT2D eigenvalue weighted by Crippen LogP contribution is 2.10. The van der Waals surface area contributed by atoms with E-state index < -0.39 is 10.0 Å². The average Bonchev–Trinajstić information content (AvgIpc) is 2.38. The number of hydrogen-bond donors (Lipinski definition) is 2. The molecule has 108 valence electrons. The van der Waals surface area contributed by atoms with Crippen molar-refractivity contribution in [2.45, 2.75) is 38.4 Å². The van der Waals surface area contributed by atoms with Gasteiger partial charge in [0.1, 0.15) is 0 Å². The van der Waals surface area contributed by atoms with Crippen LogP contribution in [0, 0.1) is 0 Å². The van der Waals surface area contributed by atoms with E-state index in [2.05, 4.69) is 28.8 Å². The molecule has 5 nitrogen and oxygen atoms in total. The van der Waals surface area contributed by atoms with Crippen LogP contribution in [0.25, 0.3) is 0 Å². The van der Waals surface area contributed by atoms with E-state index in [1.807, 2.05) is 0 Å². The van der Waals surface area contributed by atoms with Crippen LogP contribution in [0.2, 0.25) is 0 Å². The Labute approximate surface area is 111 Å². The molecular formula is C12H27N3O2S. The van der Waals surface area contributed by atoms with Crippen molar-refractivity contribution in [1.82, 2.24) is 14.9 Å². The molecule has 2 N–H and O–H groups in total. The van der Waals surface area contributed by atoms with Gasteiger partial charge in [-0.2, -0.15) is 0 Å². The lowest BCUT2D eigenvalue weighted by Crippen LogP contribution is -2.46. The van der Waals surface area contributed by atoms with Gasteiger partial charge in [0.05, 0.1) is 5.25 Å². The minimum Gasteiger partial charge on any atom is -0.315 e. The first-order chi connectivity index (χ1) is 8.60. The van der Waals surface area contributed by atoms with Crippen LogP contribution in [0.1, 0.15) is 33.1 Å². The third-order valence-electron chi connectivity index (χ3n) is 3.41. The van der Waals surface area contributed by atoms with Gasteiger partial charge in [-0.15, -0.1) is 0 Å². The second kappa shape index (κ2) is 8.09. The molecule has 0 bridgehead atoms. The molecule has 6 heteroatoms. The maximum atomic E-state index is 12.0. The lowest BCUT2D eigenvalue weighted by Gasteiger charge is -2.24. The van der Waals surface area contributed by atoms with Crippen LogP contribution in [-0.2, 0) is 10.0 Å². The summed E-state index contributed by atoms with van der Waals surface area (Å²) in [6, 6.07) is 0. The summed E-state index contributed by atoms with van der Waals surface area (Å²) < 4.78 is 26.8. The van der Waals surface area contributed by atoms with Gasteiger partial charge in [0.25, 0.3) is 0 Å². The zero-order valence-corrected chi connectivity index (χ0v) is 12.4. The molecule has 0 spiro atoms. The minimum atomic E-state index is -3.14. The smallest absolute Gasteiger partial charge is 0.215 e. The van der Waals surface area contributed by atoms with Gasteiger partial charge in [-0.05, 0) is 38.9 Å². The van der Waals surface area contributed by atoms with E-state index in [0.29, 0.717) is 13.1 Å². The van der Waals surface area contributed by atoms with Gasteiger partial charge in [-0.1, -0.05) is 13.8 Å². The van der Waals surface area contributed by atoms with Crippen LogP contribution in [0.3, 0.4) is 0 Å². The van der Waals surface area contributed by atoms with Crippen molar-refractivity contribution in [2.75, 3.05) is 39.3 Å². The maximum absolute atomic E-state index is 12.0. The zero-order valence-electron chi connectivity index (χ0n) is 11.6. The van der Waals surface area contributed by atoms with Gasteiger partial charge in [0, 0.05) is 19.6 Å². The topological polar surface area (TPSA) is 61.4 Å². The predicted octanol–water partition coefficient (Wildman–Crippen LogP) is 0.390. The van der Waals surface area contributed by atoms with Crippen molar-refractivity contribution >= 4 is 10.0 Å². The molecule has 0 radical (unpaired) electrons. The standard InChI is InChI=1S/C12H27N3O2S/c1-3-9-15(4-2)10-8-14-18(16,17)12-6-5-7-13-11-12/h12-14H,3-11H2,1-2H3. The van der Waals surface area contributed by atoms with E-state index >= 15 is 0 Å². The van der Waals surface area contributed by atoms with E-state index in [1.165, 1.54) is 0 Å². The Morgan fingerprint density at radius 1 is 1.33 bits per heavy atom. The van der Waals surface area contributed by atoms with Crippen LogP contribution in [0.15, 0.2) is 0 Å². The molecular weight excluding hydrogens is 250 g/mol. The number of sulfonamides is 1. The summed E-state index contributed by atoms with van der Waals surface area (Å²) in [4.78, 5) is 2.27. The minimum absolute atomic E-state index is 0.257. The van der Waals surface area contributed by atoms with Crippen molar-refractivity contribution in [2.24, 2.45) is 0 Å². The largest absolute Gasteiger partial charge is 0.315 e. The van der Waals surface area contributed by atoms with Crippen molar-refractivity contribution in [3.05, 3.63) is 0 Å². The van der Waals surface area contributed by atoms with Gasteiger partial charge in [-0.3, -0.25) is 0 Å². The molecule has 1 heterocycles. The molecule has 0 aromatic carbocycles. The van der Waals surface area contributed by atoms with Gasteiger partial charge in [0.15, 0.2) is 0 Å². The average molecular weight is 277 g/mol. The van der Waals surface area contributed by atoms with Crippen molar-refractivity contribution < 1.29 is 8.42 Å². The maximum Gasteiger partial charge on any atom is 0.215 e. The van der Waals surface area contributed by atoms with Gasteiger partial charge >= 0.3 is 0 Å². The lowest BCUT2D eigenvalue weighted by molar-refractivity contribution is 0.293. The quantitative estimate of drug-likeness (QED) is 0.674. The number of likely N-dealkylation sites (N-methyl/N-ethyl adjacent to an activating group) is 1. The summed E-state index contributed by atoms with van der Waals surface area (Å²) in [6.07, 6.45) is 2.82. The van der Waals surface area contributed by atoms with Crippen LogP contribution >= 0.6 is 0 Å². The Hall–Kier alpha value is -0.170. The van der Waals surface area contributed by atoms with E-state index in [-0.39, 0.29) is 5.25 Å². The molecule has 1 atom stereocenters. The Morgan fingerprint density at radius 2 is 2.11 bits per heavy atom. The highest BCUT2D eigenvalue weighted by Gasteiger charge is 2.26. The second-order valence-corrected chi connectivity index (χ2v) is 6.89. The molecule has 0 saturated carbocycles. The molecule has 0 aromatic heterocycles. The number of nitrogens with zero attached hydrogens (tertiary/aromatic N) is 1. The Balaban J connectivity index is 2.32. The molecule has 0 aliphatic carbocycles. The Kier molecular flexibility index (Phi) is 7.14. The number of hydrogen-bond acceptors (Lipinski definition) is 4. The second-order valence-electron chi connectivity index (χ2n) is 4.84. The highest BCUT2D eigenvalue weighted by molar-refractivity contribution is 7.90. The summed E-state index contributed by atoms with van der Waals surface area (Å²) in [5, 5.41) is 2.89. The molecule has 0 amide bonds. The summed E-state index contributed by atoms with van der Waals surface area (Å²) in [7, 11) is -3.14. The summed E-state index contributed by atoms with van der Waals surface area (Å²) >= 11 is 0. The van der Waals surface area contributed by atoms with Crippen LogP contribution in [0.4, 0.5) is 0 Å². The van der Waals surface area contributed by atoms with Crippen molar-refractivity contribution in [3.63, 3.8) is 0 Å². The van der Waals surface area contributed by atoms with E-state index in [4.69, 9.17) is 0 Å². The Morgan fingerprint density at radius 3 is 2.67 bits per heavy atom. The van der Waals surface area contributed by atoms with E-state index in [0.717, 1.165) is 45.4 Å². The summed E-state index contributed by atoms with van der Waals surface area (Å²) in [5.74, 6) is 0. The summed E-state index contributed by atoms with van der Waals surface area (Å²) in [6.45, 7) is 9.09. The number of nitrogens with one attached hydrogen (secondary N) is 2. The molecule has 1 saturated heterocycles. The van der Waals surface area contributed by atoms with E-state index in [9.17, 15) is 8.42 Å². The fraction of sp³-hybridized carbons (Fsp3) is 1.00. The molecule has 1 fully saturated rings. The van der Waals surface area contributed by atoms with Gasteiger partial charge < -0.3 is 10.2 Å². The van der Waals surface area contributed by atoms with Crippen LogP contribution in [0.5, 0.6) is 0 Å². The molecule has 1 aliphatic rings. The van der Waals surface area contributed by atoms with Crippen molar-refractivity contribution in [1.29, 1.82) is 0 Å². The first-order valence-electron chi connectivity index (χ1n) is 7.01. The lowest BCUT2D eigenvalue weighted by atomic mass is 10.2. The molecule has 1 aliphatic heterocycles. The third kappa shape index (κ3) is 5.22. The number of rotatable bonds is 8. The number of piperidine rings is 1. The fourth-order valence-electron chi connectivity index (χ4n) is 2.29. The summed E-state index contributed by atoms with van der Waals surface area (Å²) in [5.41, 5.74) is 0. The first kappa shape index (κ1) is 15.9. The molecule has 0 aromatic rings. The SMILES string of the molecule is CCCN(CC)CCNS(=O)(=O)C1CCCNC1. The zero-order chi connectivity index (χ0) is 13.4.